The lowest BCUT2D eigenvalue weighted by atomic mass is 10.1. The molecule has 3 nitrogen and oxygen atoms in total. The number of nitrogens with zero attached hydrogens (tertiary/aromatic N) is 1. The molecular formula is C13H28N2O. The van der Waals surface area contributed by atoms with Gasteiger partial charge in [-0.15, -0.1) is 0 Å². The number of amides is 1. The van der Waals surface area contributed by atoms with Crippen molar-refractivity contribution in [2.45, 2.75) is 66.0 Å². The highest BCUT2D eigenvalue weighted by atomic mass is 16.2. The standard InChI is InChI=1S/C13H28N2O/c1-6-11(7-2)15(9-10(4)5)13(16)12(14)8-3/h10-12H,6-9,14H2,1-5H3. The predicted molar refractivity (Wildman–Crippen MR) is 69.2 cm³/mol. The Balaban J connectivity index is 4.70. The van der Waals surface area contributed by atoms with Crippen LogP contribution in [0.2, 0.25) is 0 Å². The molecule has 3 heteroatoms. The molecule has 0 saturated heterocycles. The van der Waals surface area contributed by atoms with Crippen LogP contribution in [-0.4, -0.2) is 29.4 Å². The fourth-order valence-electron chi connectivity index (χ4n) is 1.93. The van der Waals surface area contributed by atoms with Gasteiger partial charge in [0, 0.05) is 12.6 Å². The van der Waals surface area contributed by atoms with Crippen LogP contribution in [0.5, 0.6) is 0 Å². The van der Waals surface area contributed by atoms with Gasteiger partial charge in [0.2, 0.25) is 5.91 Å². The minimum atomic E-state index is -0.334. The Morgan fingerprint density at radius 2 is 1.62 bits per heavy atom. The van der Waals surface area contributed by atoms with Gasteiger partial charge in [0.1, 0.15) is 0 Å². The Morgan fingerprint density at radius 1 is 1.12 bits per heavy atom. The first-order valence-electron chi connectivity index (χ1n) is 6.53. The Morgan fingerprint density at radius 3 is 1.94 bits per heavy atom. The van der Waals surface area contributed by atoms with E-state index in [0.717, 1.165) is 19.4 Å². The molecule has 0 aromatic rings. The van der Waals surface area contributed by atoms with Gasteiger partial charge in [0.05, 0.1) is 6.04 Å². The Kier molecular flexibility index (Phi) is 7.39. The third-order valence-corrected chi connectivity index (χ3v) is 2.99. The molecule has 0 bridgehead atoms. The van der Waals surface area contributed by atoms with E-state index in [9.17, 15) is 4.79 Å². The van der Waals surface area contributed by atoms with Crippen molar-refractivity contribution in [3.63, 3.8) is 0 Å². The van der Waals surface area contributed by atoms with Gasteiger partial charge in [-0.2, -0.15) is 0 Å². The van der Waals surface area contributed by atoms with Crippen molar-refractivity contribution < 1.29 is 4.79 Å². The summed E-state index contributed by atoms with van der Waals surface area (Å²) in [6.07, 6.45) is 2.73. The maximum Gasteiger partial charge on any atom is 0.239 e. The van der Waals surface area contributed by atoms with E-state index in [1.54, 1.807) is 0 Å². The van der Waals surface area contributed by atoms with Crippen molar-refractivity contribution in [3.05, 3.63) is 0 Å². The molecule has 0 aromatic heterocycles. The lowest BCUT2D eigenvalue weighted by Gasteiger charge is -2.33. The Labute approximate surface area is 100 Å². The zero-order valence-electron chi connectivity index (χ0n) is 11.5. The summed E-state index contributed by atoms with van der Waals surface area (Å²) >= 11 is 0. The van der Waals surface area contributed by atoms with E-state index in [2.05, 4.69) is 27.7 Å². The zero-order chi connectivity index (χ0) is 12.7. The van der Waals surface area contributed by atoms with Gasteiger partial charge >= 0.3 is 0 Å². The van der Waals surface area contributed by atoms with Crippen LogP contribution < -0.4 is 5.73 Å². The molecule has 2 N–H and O–H groups in total. The van der Waals surface area contributed by atoms with Gasteiger partial charge in [0.25, 0.3) is 0 Å². The highest BCUT2D eigenvalue weighted by Gasteiger charge is 2.25. The molecule has 0 rings (SSSR count). The SMILES string of the molecule is CCC(N)C(=O)N(CC(C)C)C(CC)CC. The first kappa shape index (κ1) is 15.4. The van der Waals surface area contributed by atoms with E-state index >= 15 is 0 Å². The summed E-state index contributed by atoms with van der Waals surface area (Å²) in [6.45, 7) is 11.3. The quantitative estimate of drug-likeness (QED) is 0.727. The molecule has 0 saturated carbocycles. The summed E-state index contributed by atoms with van der Waals surface area (Å²) < 4.78 is 0. The minimum absolute atomic E-state index is 0.116. The maximum atomic E-state index is 12.2. The number of hydrogen-bond donors (Lipinski definition) is 1. The number of nitrogens with two attached hydrogens (primary N) is 1. The molecule has 1 amide bonds. The van der Waals surface area contributed by atoms with Crippen molar-refractivity contribution in [2.75, 3.05) is 6.54 Å². The fraction of sp³-hybridized carbons (Fsp3) is 0.923. The van der Waals surface area contributed by atoms with Crippen LogP contribution in [0.1, 0.15) is 53.9 Å². The third-order valence-electron chi connectivity index (χ3n) is 2.99. The van der Waals surface area contributed by atoms with Gasteiger partial charge < -0.3 is 10.6 Å². The first-order valence-corrected chi connectivity index (χ1v) is 6.53. The monoisotopic (exact) mass is 228 g/mol. The van der Waals surface area contributed by atoms with Crippen LogP contribution >= 0.6 is 0 Å². The lowest BCUT2D eigenvalue weighted by Crippen LogP contribution is -2.49. The van der Waals surface area contributed by atoms with Crippen LogP contribution in [0.15, 0.2) is 0 Å². The molecule has 0 heterocycles. The number of carbonyl (C=O) groups excluding carboxylic acids is 1. The van der Waals surface area contributed by atoms with E-state index in [0.29, 0.717) is 18.4 Å². The molecule has 16 heavy (non-hydrogen) atoms. The van der Waals surface area contributed by atoms with Crippen molar-refractivity contribution in [1.82, 2.24) is 4.90 Å². The van der Waals surface area contributed by atoms with Gasteiger partial charge in [0.15, 0.2) is 0 Å². The second kappa shape index (κ2) is 7.66. The smallest absolute Gasteiger partial charge is 0.239 e. The molecule has 0 aromatic carbocycles. The Bertz CT molecular complexity index is 200. The van der Waals surface area contributed by atoms with Gasteiger partial charge in [-0.05, 0) is 25.2 Å². The molecule has 0 radical (unpaired) electrons. The summed E-state index contributed by atoms with van der Waals surface area (Å²) in [7, 11) is 0. The van der Waals surface area contributed by atoms with E-state index in [1.165, 1.54) is 0 Å². The maximum absolute atomic E-state index is 12.2. The number of carbonyl (C=O) groups is 1. The molecule has 0 aliphatic rings. The molecular weight excluding hydrogens is 200 g/mol. The summed E-state index contributed by atoms with van der Waals surface area (Å²) in [5, 5.41) is 0. The van der Waals surface area contributed by atoms with Gasteiger partial charge in [-0.3, -0.25) is 4.79 Å². The Hall–Kier alpha value is -0.570. The predicted octanol–water partition coefficient (Wildman–Crippen LogP) is 2.40. The first-order chi connectivity index (χ1) is 7.47. The average molecular weight is 228 g/mol. The fourth-order valence-corrected chi connectivity index (χ4v) is 1.93. The van der Waals surface area contributed by atoms with Crippen LogP contribution in [-0.2, 0) is 4.79 Å². The second-order valence-corrected chi connectivity index (χ2v) is 4.87. The van der Waals surface area contributed by atoms with Crippen LogP contribution in [0.25, 0.3) is 0 Å². The molecule has 0 spiro atoms. The number of rotatable bonds is 7. The topological polar surface area (TPSA) is 46.3 Å². The van der Waals surface area contributed by atoms with Crippen LogP contribution in [0.3, 0.4) is 0 Å². The van der Waals surface area contributed by atoms with Crippen molar-refractivity contribution in [2.24, 2.45) is 11.7 Å². The molecule has 1 unspecified atom stereocenters. The van der Waals surface area contributed by atoms with E-state index in [4.69, 9.17) is 5.73 Å². The van der Waals surface area contributed by atoms with Gasteiger partial charge in [-0.1, -0.05) is 34.6 Å². The summed E-state index contributed by atoms with van der Waals surface area (Å²) in [5.41, 5.74) is 5.85. The lowest BCUT2D eigenvalue weighted by molar-refractivity contribution is -0.135. The molecule has 0 fully saturated rings. The second-order valence-electron chi connectivity index (χ2n) is 4.87. The largest absolute Gasteiger partial charge is 0.338 e. The summed E-state index contributed by atoms with van der Waals surface area (Å²) in [4.78, 5) is 14.2. The highest BCUT2D eigenvalue weighted by molar-refractivity contribution is 5.81. The molecule has 0 aliphatic carbocycles. The van der Waals surface area contributed by atoms with E-state index in [-0.39, 0.29) is 11.9 Å². The molecule has 96 valence electrons. The molecule has 0 aliphatic heterocycles. The van der Waals surface area contributed by atoms with E-state index < -0.39 is 0 Å². The summed E-state index contributed by atoms with van der Waals surface area (Å²) in [6, 6.07) is 0.00634. The zero-order valence-corrected chi connectivity index (χ0v) is 11.5. The minimum Gasteiger partial charge on any atom is -0.338 e. The number of hydrogen-bond acceptors (Lipinski definition) is 2. The van der Waals surface area contributed by atoms with Gasteiger partial charge in [-0.25, -0.2) is 0 Å². The van der Waals surface area contributed by atoms with Crippen LogP contribution in [0, 0.1) is 5.92 Å². The average Bonchev–Trinajstić information content (AvgIpc) is 2.26. The normalized spacial score (nSPS) is 13.2. The highest BCUT2D eigenvalue weighted by Crippen LogP contribution is 2.13. The van der Waals surface area contributed by atoms with Crippen molar-refractivity contribution in [3.8, 4) is 0 Å². The van der Waals surface area contributed by atoms with Crippen molar-refractivity contribution in [1.29, 1.82) is 0 Å². The summed E-state index contributed by atoms with van der Waals surface area (Å²) in [5.74, 6) is 0.610. The third kappa shape index (κ3) is 4.52. The van der Waals surface area contributed by atoms with Crippen LogP contribution in [0.4, 0.5) is 0 Å². The van der Waals surface area contributed by atoms with E-state index in [1.807, 2.05) is 11.8 Å². The van der Waals surface area contributed by atoms with Crippen molar-refractivity contribution >= 4 is 5.91 Å². The molecule has 1 atom stereocenters.